The number of nitrogens with zero attached hydrogens (tertiary/aromatic N) is 3. The predicted molar refractivity (Wildman–Crippen MR) is 95.4 cm³/mol. The lowest BCUT2D eigenvalue weighted by molar-refractivity contribution is -0.121. The number of rotatable bonds is 5. The third-order valence-electron chi connectivity index (χ3n) is 3.93. The lowest BCUT2D eigenvalue weighted by Crippen LogP contribution is -2.28. The minimum absolute atomic E-state index is 0.0305. The van der Waals surface area contributed by atoms with Gasteiger partial charge in [0.15, 0.2) is 5.13 Å². The molecular formula is C18H20N4OS. The third-order valence-corrected chi connectivity index (χ3v) is 4.80. The summed E-state index contributed by atoms with van der Waals surface area (Å²) in [5.74, 6) is -0.0305. The molecule has 0 aliphatic rings. The molecule has 3 heterocycles. The molecule has 3 aromatic heterocycles. The monoisotopic (exact) mass is 340 g/mol. The SMILES string of the molecule is Cc1ccc(C)n1-c1nc(CC(=O)N[C@@H](C)c2ccncc2)cs1. The molecule has 0 unspecified atom stereocenters. The van der Waals surface area contributed by atoms with Crippen LogP contribution in [0.4, 0.5) is 0 Å². The van der Waals surface area contributed by atoms with Gasteiger partial charge in [-0.3, -0.25) is 14.3 Å². The second-order valence-electron chi connectivity index (χ2n) is 5.82. The van der Waals surface area contributed by atoms with Gasteiger partial charge in [0.1, 0.15) is 0 Å². The molecule has 0 spiro atoms. The molecule has 0 bridgehead atoms. The Balaban J connectivity index is 1.66. The highest BCUT2D eigenvalue weighted by molar-refractivity contribution is 7.12. The van der Waals surface area contributed by atoms with Crippen LogP contribution in [-0.2, 0) is 11.2 Å². The fourth-order valence-corrected chi connectivity index (χ4v) is 3.58. The van der Waals surface area contributed by atoms with Crippen LogP contribution in [0.2, 0.25) is 0 Å². The maximum atomic E-state index is 12.3. The summed E-state index contributed by atoms with van der Waals surface area (Å²) >= 11 is 1.56. The number of amides is 1. The van der Waals surface area contributed by atoms with Crippen molar-refractivity contribution in [2.45, 2.75) is 33.2 Å². The van der Waals surface area contributed by atoms with Crippen LogP contribution in [0.3, 0.4) is 0 Å². The van der Waals surface area contributed by atoms with Crippen molar-refractivity contribution in [1.29, 1.82) is 0 Å². The number of carbonyl (C=O) groups is 1. The van der Waals surface area contributed by atoms with Crippen molar-refractivity contribution in [1.82, 2.24) is 19.9 Å². The summed E-state index contributed by atoms with van der Waals surface area (Å²) in [6, 6.07) is 7.90. The van der Waals surface area contributed by atoms with E-state index in [1.54, 1.807) is 23.7 Å². The molecule has 1 N–H and O–H groups in total. The maximum Gasteiger partial charge on any atom is 0.226 e. The molecule has 24 heavy (non-hydrogen) atoms. The zero-order valence-corrected chi connectivity index (χ0v) is 14.8. The molecule has 0 fully saturated rings. The molecule has 0 radical (unpaired) electrons. The molecule has 0 saturated carbocycles. The van der Waals surface area contributed by atoms with Gasteiger partial charge in [0.05, 0.1) is 18.2 Å². The Morgan fingerprint density at radius 3 is 2.54 bits per heavy atom. The minimum Gasteiger partial charge on any atom is -0.349 e. The van der Waals surface area contributed by atoms with Gasteiger partial charge >= 0.3 is 0 Å². The molecule has 0 aliphatic heterocycles. The number of aromatic nitrogens is 3. The Labute approximate surface area is 145 Å². The Bertz CT molecular complexity index is 818. The average Bonchev–Trinajstić information content (AvgIpc) is 3.14. The van der Waals surface area contributed by atoms with E-state index in [-0.39, 0.29) is 18.4 Å². The fraction of sp³-hybridized carbons (Fsp3) is 0.278. The Hall–Kier alpha value is -2.47. The minimum atomic E-state index is -0.0486. The molecule has 6 heteroatoms. The van der Waals surface area contributed by atoms with Gasteiger partial charge in [0.25, 0.3) is 0 Å². The van der Waals surface area contributed by atoms with Gasteiger partial charge in [-0.15, -0.1) is 11.3 Å². The largest absolute Gasteiger partial charge is 0.349 e. The first-order valence-electron chi connectivity index (χ1n) is 7.83. The number of carbonyl (C=O) groups excluding carboxylic acids is 1. The van der Waals surface area contributed by atoms with Gasteiger partial charge < -0.3 is 5.32 Å². The zero-order chi connectivity index (χ0) is 17.1. The number of pyridine rings is 1. The number of nitrogens with one attached hydrogen (secondary N) is 1. The lowest BCUT2D eigenvalue weighted by Gasteiger charge is -2.13. The highest BCUT2D eigenvalue weighted by Crippen LogP contribution is 2.20. The van der Waals surface area contributed by atoms with Crippen LogP contribution in [0, 0.1) is 13.8 Å². The molecule has 5 nitrogen and oxygen atoms in total. The molecule has 3 aromatic rings. The van der Waals surface area contributed by atoms with E-state index in [9.17, 15) is 4.79 Å². The second-order valence-corrected chi connectivity index (χ2v) is 6.66. The summed E-state index contributed by atoms with van der Waals surface area (Å²) in [6.45, 7) is 6.07. The van der Waals surface area contributed by atoms with Crippen LogP contribution in [0.1, 0.15) is 35.6 Å². The van der Waals surface area contributed by atoms with E-state index >= 15 is 0 Å². The first-order valence-corrected chi connectivity index (χ1v) is 8.71. The van der Waals surface area contributed by atoms with Gasteiger partial charge in [0.2, 0.25) is 5.91 Å². The van der Waals surface area contributed by atoms with Crippen molar-refractivity contribution >= 4 is 17.2 Å². The van der Waals surface area contributed by atoms with Crippen molar-refractivity contribution in [3.05, 3.63) is 64.7 Å². The lowest BCUT2D eigenvalue weighted by atomic mass is 10.1. The summed E-state index contributed by atoms with van der Waals surface area (Å²) in [6.07, 6.45) is 3.74. The third kappa shape index (κ3) is 3.54. The second kappa shape index (κ2) is 6.97. The predicted octanol–water partition coefficient (Wildman–Crippen LogP) is 3.37. The van der Waals surface area contributed by atoms with Crippen LogP contribution in [0.25, 0.3) is 5.13 Å². The van der Waals surface area contributed by atoms with E-state index < -0.39 is 0 Å². The Morgan fingerprint density at radius 1 is 1.21 bits per heavy atom. The summed E-state index contributed by atoms with van der Waals surface area (Å²) in [7, 11) is 0. The summed E-state index contributed by atoms with van der Waals surface area (Å²) in [5.41, 5.74) is 4.12. The van der Waals surface area contributed by atoms with E-state index in [2.05, 4.69) is 45.8 Å². The maximum absolute atomic E-state index is 12.3. The van der Waals surface area contributed by atoms with Gasteiger partial charge in [-0.1, -0.05) is 0 Å². The number of hydrogen-bond donors (Lipinski definition) is 1. The summed E-state index contributed by atoms with van der Waals surface area (Å²) in [5, 5.41) is 5.85. The van der Waals surface area contributed by atoms with Gasteiger partial charge in [-0.05, 0) is 50.6 Å². The fourth-order valence-electron chi connectivity index (χ4n) is 2.64. The molecule has 0 aliphatic carbocycles. The van der Waals surface area contributed by atoms with Crippen LogP contribution in [0.5, 0.6) is 0 Å². The smallest absolute Gasteiger partial charge is 0.226 e. The van der Waals surface area contributed by atoms with Crippen molar-refractivity contribution in [2.24, 2.45) is 0 Å². The van der Waals surface area contributed by atoms with Crippen LogP contribution in [-0.4, -0.2) is 20.4 Å². The highest BCUT2D eigenvalue weighted by Gasteiger charge is 2.13. The number of thiazole rings is 1. The van der Waals surface area contributed by atoms with Crippen LogP contribution < -0.4 is 5.32 Å². The summed E-state index contributed by atoms with van der Waals surface area (Å²) in [4.78, 5) is 20.9. The molecule has 1 amide bonds. The van der Waals surface area contributed by atoms with Crippen molar-refractivity contribution in [3.8, 4) is 5.13 Å². The van der Waals surface area contributed by atoms with Crippen molar-refractivity contribution in [3.63, 3.8) is 0 Å². The molecular weight excluding hydrogens is 320 g/mol. The quantitative estimate of drug-likeness (QED) is 0.775. The molecule has 0 aromatic carbocycles. The molecule has 3 rings (SSSR count). The van der Waals surface area contributed by atoms with Crippen LogP contribution in [0.15, 0.2) is 42.0 Å². The van der Waals surface area contributed by atoms with E-state index in [1.807, 2.05) is 24.4 Å². The average molecular weight is 340 g/mol. The van der Waals surface area contributed by atoms with Gasteiger partial charge in [-0.25, -0.2) is 4.98 Å². The van der Waals surface area contributed by atoms with E-state index in [1.165, 1.54) is 0 Å². The Kier molecular flexibility index (Phi) is 4.76. The van der Waals surface area contributed by atoms with E-state index in [0.29, 0.717) is 0 Å². The van der Waals surface area contributed by atoms with Crippen LogP contribution >= 0.6 is 11.3 Å². The van der Waals surface area contributed by atoms with E-state index in [4.69, 9.17) is 0 Å². The standard InChI is InChI=1S/C18H20N4OS/c1-12-4-5-13(2)22(12)18-21-16(11-24-18)10-17(23)20-14(3)15-6-8-19-9-7-15/h4-9,11,14H,10H2,1-3H3,(H,20,23)/t14-/m0/s1. The first kappa shape index (κ1) is 16.4. The number of aryl methyl sites for hydroxylation is 2. The number of hydrogen-bond acceptors (Lipinski definition) is 4. The molecule has 0 saturated heterocycles. The van der Waals surface area contributed by atoms with Crippen molar-refractivity contribution < 1.29 is 4.79 Å². The zero-order valence-electron chi connectivity index (χ0n) is 14.0. The van der Waals surface area contributed by atoms with Gasteiger partial charge in [-0.2, -0.15) is 0 Å². The topological polar surface area (TPSA) is 59.8 Å². The van der Waals surface area contributed by atoms with Crippen molar-refractivity contribution in [2.75, 3.05) is 0 Å². The Morgan fingerprint density at radius 2 is 1.88 bits per heavy atom. The first-order chi connectivity index (χ1) is 11.5. The normalized spacial score (nSPS) is 12.1. The highest BCUT2D eigenvalue weighted by atomic mass is 32.1. The van der Waals surface area contributed by atoms with Gasteiger partial charge in [0, 0.05) is 29.2 Å². The molecule has 1 atom stereocenters. The summed E-state index contributed by atoms with van der Waals surface area (Å²) < 4.78 is 2.10. The molecule has 124 valence electrons. The van der Waals surface area contributed by atoms with E-state index in [0.717, 1.165) is 27.8 Å².